The predicted octanol–water partition coefficient (Wildman–Crippen LogP) is 0.942. The van der Waals surface area contributed by atoms with E-state index in [0.29, 0.717) is 18.3 Å². The van der Waals surface area contributed by atoms with Crippen molar-refractivity contribution in [2.24, 2.45) is 5.92 Å². The largest absolute Gasteiger partial charge is 0.335 e. The summed E-state index contributed by atoms with van der Waals surface area (Å²) < 4.78 is 0. The van der Waals surface area contributed by atoms with Crippen molar-refractivity contribution in [1.29, 1.82) is 0 Å². The number of rotatable bonds is 5. The van der Waals surface area contributed by atoms with E-state index in [1.807, 2.05) is 0 Å². The summed E-state index contributed by atoms with van der Waals surface area (Å²) in [6.45, 7) is 3.22. The third-order valence-electron chi connectivity index (χ3n) is 2.97. The molecule has 0 N–H and O–H groups in total. The Kier molecular flexibility index (Phi) is 5.06. The van der Waals surface area contributed by atoms with E-state index < -0.39 is 0 Å². The molecule has 0 bridgehead atoms. The van der Waals surface area contributed by atoms with Crippen LogP contribution in [0.2, 0.25) is 0 Å². The standard InChI is InChI=1S/C11H19ClN2O2/c1-9(3-5-12)4-6-14-8-10(15)13(2)7-11(14)16/h9H,3-8H2,1-2H3. The van der Waals surface area contributed by atoms with Crippen molar-refractivity contribution >= 4 is 23.4 Å². The van der Waals surface area contributed by atoms with E-state index >= 15 is 0 Å². The molecule has 1 aliphatic heterocycles. The Labute approximate surface area is 102 Å². The van der Waals surface area contributed by atoms with Crippen LogP contribution in [0.3, 0.4) is 0 Å². The molecule has 1 heterocycles. The molecule has 1 saturated heterocycles. The van der Waals surface area contributed by atoms with Gasteiger partial charge in [-0.05, 0) is 18.8 Å². The Morgan fingerprint density at radius 1 is 1.25 bits per heavy atom. The summed E-state index contributed by atoms with van der Waals surface area (Å²) >= 11 is 5.65. The second-order valence-electron chi connectivity index (χ2n) is 4.44. The molecular formula is C11H19ClN2O2. The Bertz CT molecular complexity index is 271. The molecule has 1 fully saturated rings. The molecular weight excluding hydrogens is 228 g/mol. The van der Waals surface area contributed by atoms with Gasteiger partial charge in [-0.3, -0.25) is 9.59 Å². The van der Waals surface area contributed by atoms with Gasteiger partial charge in [0.2, 0.25) is 11.8 Å². The quantitative estimate of drug-likeness (QED) is 0.678. The first-order valence-corrected chi connectivity index (χ1v) is 6.15. The maximum absolute atomic E-state index is 11.6. The second-order valence-corrected chi connectivity index (χ2v) is 4.81. The number of halogens is 1. The van der Waals surface area contributed by atoms with Crippen molar-refractivity contribution in [1.82, 2.24) is 9.80 Å². The minimum atomic E-state index is 0.0181. The van der Waals surface area contributed by atoms with Gasteiger partial charge in [-0.25, -0.2) is 0 Å². The van der Waals surface area contributed by atoms with E-state index in [9.17, 15) is 9.59 Å². The number of hydrogen-bond acceptors (Lipinski definition) is 2. The molecule has 92 valence electrons. The highest BCUT2D eigenvalue weighted by Gasteiger charge is 2.27. The van der Waals surface area contributed by atoms with E-state index in [2.05, 4.69) is 6.92 Å². The zero-order chi connectivity index (χ0) is 12.1. The van der Waals surface area contributed by atoms with E-state index in [1.165, 1.54) is 4.90 Å². The van der Waals surface area contributed by atoms with Crippen molar-refractivity contribution in [3.63, 3.8) is 0 Å². The number of amides is 2. The minimum Gasteiger partial charge on any atom is -0.335 e. The van der Waals surface area contributed by atoms with E-state index in [-0.39, 0.29) is 24.9 Å². The number of piperazine rings is 1. The lowest BCUT2D eigenvalue weighted by Crippen LogP contribution is -2.52. The second kappa shape index (κ2) is 6.09. The van der Waals surface area contributed by atoms with Crippen molar-refractivity contribution < 1.29 is 9.59 Å². The monoisotopic (exact) mass is 246 g/mol. The first-order chi connectivity index (χ1) is 7.54. The maximum atomic E-state index is 11.6. The molecule has 1 unspecified atom stereocenters. The van der Waals surface area contributed by atoms with Crippen LogP contribution in [-0.4, -0.2) is 54.2 Å². The van der Waals surface area contributed by atoms with Crippen molar-refractivity contribution in [2.75, 3.05) is 32.6 Å². The van der Waals surface area contributed by atoms with Gasteiger partial charge in [0.05, 0.1) is 13.1 Å². The zero-order valence-corrected chi connectivity index (χ0v) is 10.7. The van der Waals surface area contributed by atoms with Crippen LogP contribution >= 0.6 is 11.6 Å². The van der Waals surface area contributed by atoms with Gasteiger partial charge >= 0.3 is 0 Å². The van der Waals surface area contributed by atoms with E-state index in [4.69, 9.17) is 11.6 Å². The van der Waals surface area contributed by atoms with Crippen LogP contribution in [0.4, 0.5) is 0 Å². The molecule has 1 atom stereocenters. The molecule has 1 rings (SSSR count). The smallest absolute Gasteiger partial charge is 0.242 e. The van der Waals surface area contributed by atoms with Crippen LogP contribution < -0.4 is 0 Å². The average molecular weight is 247 g/mol. The Hall–Kier alpha value is -0.770. The van der Waals surface area contributed by atoms with E-state index in [0.717, 1.165) is 12.8 Å². The van der Waals surface area contributed by atoms with Gasteiger partial charge in [-0.1, -0.05) is 6.92 Å². The van der Waals surface area contributed by atoms with Crippen molar-refractivity contribution in [3.8, 4) is 0 Å². The number of nitrogens with zero attached hydrogens (tertiary/aromatic N) is 2. The lowest BCUT2D eigenvalue weighted by atomic mass is 10.0. The zero-order valence-electron chi connectivity index (χ0n) is 9.91. The van der Waals surface area contributed by atoms with Gasteiger partial charge in [0.15, 0.2) is 0 Å². The molecule has 0 spiro atoms. The Morgan fingerprint density at radius 3 is 2.56 bits per heavy atom. The highest BCUT2D eigenvalue weighted by molar-refractivity contribution is 6.17. The maximum Gasteiger partial charge on any atom is 0.242 e. The molecule has 0 radical (unpaired) electrons. The lowest BCUT2D eigenvalue weighted by Gasteiger charge is -2.32. The third kappa shape index (κ3) is 3.67. The summed E-state index contributed by atoms with van der Waals surface area (Å²) in [4.78, 5) is 26.2. The fourth-order valence-electron chi connectivity index (χ4n) is 1.67. The van der Waals surface area contributed by atoms with Crippen molar-refractivity contribution in [3.05, 3.63) is 0 Å². The topological polar surface area (TPSA) is 40.6 Å². The van der Waals surface area contributed by atoms with Crippen LogP contribution in [-0.2, 0) is 9.59 Å². The fraction of sp³-hybridized carbons (Fsp3) is 0.818. The summed E-state index contributed by atoms with van der Waals surface area (Å²) in [6, 6.07) is 0. The van der Waals surface area contributed by atoms with E-state index in [1.54, 1.807) is 11.9 Å². The van der Waals surface area contributed by atoms with Gasteiger partial charge in [0, 0.05) is 19.5 Å². The minimum absolute atomic E-state index is 0.0181. The van der Waals surface area contributed by atoms with Crippen LogP contribution in [0.5, 0.6) is 0 Å². The third-order valence-corrected chi connectivity index (χ3v) is 3.19. The number of likely N-dealkylation sites (N-methyl/N-ethyl adjacent to an activating group) is 1. The molecule has 16 heavy (non-hydrogen) atoms. The average Bonchev–Trinajstić information content (AvgIpc) is 2.22. The summed E-state index contributed by atoms with van der Waals surface area (Å²) in [6.07, 6.45) is 1.87. The SMILES string of the molecule is CC(CCCl)CCN1CC(=O)N(C)CC1=O. The molecule has 0 saturated carbocycles. The normalized spacial score (nSPS) is 19.2. The van der Waals surface area contributed by atoms with Gasteiger partial charge in [-0.2, -0.15) is 0 Å². The fourth-order valence-corrected chi connectivity index (χ4v) is 2.05. The molecule has 1 aliphatic rings. The van der Waals surface area contributed by atoms with Crippen LogP contribution in [0.25, 0.3) is 0 Å². The predicted molar refractivity (Wildman–Crippen MR) is 63.3 cm³/mol. The summed E-state index contributed by atoms with van der Waals surface area (Å²) in [5.41, 5.74) is 0. The first kappa shape index (κ1) is 13.3. The number of carbonyl (C=O) groups excluding carboxylic acids is 2. The van der Waals surface area contributed by atoms with Gasteiger partial charge in [0.25, 0.3) is 0 Å². The van der Waals surface area contributed by atoms with Gasteiger partial charge in [-0.15, -0.1) is 11.6 Å². The van der Waals surface area contributed by atoms with Gasteiger partial charge in [0.1, 0.15) is 0 Å². The molecule has 0 aromatic carbocycles. The van der Waals surface area contributed by atoms with Crippen LogP contribution in [0, 0.1) is 5.92 Å². The highest BCUT2D eigenvalue weighted by Crippen LogP contribution is 2.11. The van der Waals surface area contributed by atoms with Crippen LogP contribution in [0.1, 0.15) is 19.8 Å². The number of alkyl halides is 1. The number of hydrogen-bond donors (Lipinski definition) is 0. The van der Waals surface area contributed by atoms with Gasteiger partial charge < -0.3 is 9.80 Å². The number of carbonyl (C=O) groups is 2. The molecule has 5 heteroatoms. The molecule has 4 nitrogen and oxygen atoms in total. The Morgan fingerprint density at radius 2 is 1.94 bits per heavy atom. The molecule has 0 aromatic heterocycles. The lowest BCUT2D eigenvalue weighted by molar-refractivity contribution is -0.148. The Balaban J connectivity index is 2.36. The highest BCUT2D eigenvalue weighted by atomic mass is 35.5. The molecule has 2 amide bonds. The van der Waals surface area contributed by atoms with Crippen molar-refractivity contribution in [2.45, 2.75) is 19.8 Å². The first-order valence-electron chi connectivity index (χ1n) is 5.62. The summed E-state index contributed by atoms with van der Waals surface area (Å²) in [7, 11) is 1.66. The van der Waals surface area contributed by atoms with Crippen LogP contribution in [0.15, 0.2) is 0 Å². The summed E-state index contributed by atoms with van der Waals surface area (Å²) in [5, 5.41) is 0. The molecule has 0 aromatic rings. The summed E-state index contributed by atoms with van der Waals surface area (Å²) in [5.74, 6) is 1.21. The molecule has 0 aliphatic carbocycles.